The maximum absolute atomic E-state index is 11.1. The minimum Gasteiger partial charge on any atom is -0.328 e. The molecule has 1 aliphatic heterocycles. The zero-order valence-electron chi connectivity index (χ0n) is 6.77. The Morgan fingerprint density at radius 3 is 1.92 bits per heavy atom. The lowest BCUT2D eigenvalue weighted by Crippen LogP contribution is -2.18. The second-order valence-electron chi connectivity index (χ2n) is 3.83. The van der Waals surface area contributed by atoms with Crippen molar-refractivity contribution < 1.29 is 8.42 Å². The molecule has 2 aliphatic rings. The highest BCUT2D eigenvalue weighted by Gasteiger charge is 2.42. The lowest BCUT2D eigenvalue weighted by molar-refractivity contribution is 0.494. The second kappa shape index (κ2) is 3.16. The fraction of sp³-hybridized carbons (Fsp3) is 1.00. The average molecular weight is 212 g/mol. The number of fused-ring (bicyclic) bond motifs is 1. The van der Waals surface area contributed by atoms with Gasteiger partial charge in [-0.1, -0.05) is 0 Å². The molecule has 2 fully saturated rings. The van der Waals surface area contributed by atoms with Crippen LogP contribution < -0.4 is 5.73 Å². The Morgan fingerprint density at radius 2 is 1.50 bits per heavy atom. The molecule has 0 aromatic heterocycles. The van der Waals surface area contributed by atoms with E-state index in [1.807, 2.05) is 0 Å². The van der Waals surface area contributed by atoms with Crippen LogP contribution in [0.2, 0.25) is 0 Å². The molecule has 5 heteroatoms. The molecule has 2 unspecified atom stereocenters. The predicted octanol–water partition coefficient (Wildman–Crippen LogP) is 0.190. The van der Waals surface area contributed by atoms with E-state index in [1.54, 1.807) is 0 Å². The summed E-state index contributed by atoms with van der Waals surface area (Å²) in [7, 11) is -2.68. The van der Waals surface area contributed by atoms with Crippen molar-refractivity contribution in [3.8, 4) is 0 Å². The lowest BCUT2D eigenvalue weighted by Gasteiger charge is -2.01. The third-order valence-electron chi connectivity index (χ3n) is 2.81. The van der Waals surface area contributed by atoms with Gasteiger partial charge in [-0.3, -0.25) is 0 Å². The SMILES string of the molecule is Cl.NC1CC2CS(=O)(=O)CC2C1. The molecule has 1 aliphatic carbocycles. The molecular weight excluding hydrogens is 198 g/mol. The summed E-state index contributed by atoms with van der Waals surface area (Å²) in [6.45, 7) is 0. The van der Waals surface area contributed by atoms with Gasteiger partial charge < -0.3 is 5.73 Å². The normalized spacial score (nSPS) is 43.6. The van der Waals surface area contributed by atoms with E-state index in [4.69, 9.17) is 5.73 Å². The summed E-state index contributed by atoms with van der Waals surface area (Å²) in [5.41, 5.74) is 5.72. The monoisotopic (exact) mass is 211 g/mol. The Morgan fingerprint density at radius 1 is 1.08 bits per heavy atom. The van der Waals surface area contributed by atoms with Crippen LogP contribution in [0.3, 0.4) is 0 Å². The van der Waals surface area contributed by atoms with E-state index in [0.717, 1.165) is 12.8 Å². The average Bonchev–Trinajstić information content (AvgIpc) is 2.17. The first-order valence-corrected chi connectivity index (χ1v) is 5.85. The topological polar surface area (TPSA) is 60.2 Å². The Hall–Kier alpha value is 0.200. The molecule has 0 aromatic carbocycles. The Balaban J connectivity index is 0.000000720. The summed E-state index contributed by atoms with van der Waals surface area (Å²) in [6.07, 6.45) is 1.84. The number of nitrogens with two attached hydrogens (primary N) is 1. The van der Waals surface area contributed by atoms with Crippen molar-refractivity contribution in [3.63, 3.8) is 0 Å². The Labute approximate surface area is 79.0 Å². The molecule has 0 bridgehead atoms. The first kappa shape index (κ1) is 10.3. The van der Waals surface area contributed by atoms with Gasteiger partial charge >= 0.3 is 0 Å². The molecule has 2 N–H and O–H groups in total. The van der Waals surface area contributed by atoms with Crippen LogP contribution in [0, 0.1) is 11.8 Å². The van der Waals surface area contributed by atoms with E-state index in [2.05, 4.69) is 0 Å². The minimum atomic E-state index is -2.68. The molecule has 0 radical (unpaired) electrons. The summed E-state index contributed by atoms with van der Waals surface area (Å²) in [4.78, 5) is 0. The Bertz CT molecular complexity index is 245. The van der Waals surface area contributed by atoms with E-state index in [1.165, 1.54) is 0 Å². The van der Waals surface area contributed by atoms with Crippen LogP contribution in [0.15, 0.2) is 0 Å². The van der Waals surface area contributed by atoms with Gasteiger partial charge in [0.05, 0.1) is 11.5 Å². The van der Waals surface area contributed by atoms with Crippen molar-refractivity contribution in [2.24, 2.45) is 17.6 Å². The maximum atomic E-state index is 11.1. The van der Waals surface area contributed by atoms with Gasteiger partial charge in [0.15, 0.2) is 9.84 Å². The van der Waals surface area contributed by atoms with Gasteiger partial charge in [0.2, 0.25) is 0 Å². The molecule has 72 valence electrons. The summed E-state index contributed by atoms with van der Waals surface area (Å²) < 4.78 is 22.2. The molecule has 0 amide bonds. The third kappa shape index (κ3) is 1.75. The summed E-state index contributed by atoms with van der Waals surface area (Å²) in [5, 5.41) is 0. The third-order valence-corrected chi connectivity index (χ3v) is 4.69. The van der Waals surface area contributed by atoms with Crippen molar-refractivity contribution in [1.82, 2.24) is 0 Å². The van der Waals surface area contributed by atoms with Crippen LogP contribution in [0.25, 0.3) is 0 Å². The van der Waals surface area contributed by atoms with Gasteiger partial charge in [0.25, 0.3) is 0 Å². The molecule has 1 saturated heterocycles. The molecule has 1 heterocycles. The standard InChI is InChI=1S/C7H13NO2S.ClH/c8-7-1-5-3-11(9,10)4-6(5)2-7;/h5-7H,1-4,8H2;1H. The van der Waals surface area contributed by atoms with E-state index in [-0.39, 0.29) is 18.4 Å². The number of rotatable bonds is 0. The molecule has 0 aromatic rings. The maximum Gasteiger partial charge on any atom is 0.150 e. The van der Waals surface area contributed by atoms with Crippen LogP contribution in [-0.2, 0) is 9.84 Å². The van der Waals surface area contributed by atoms with Crippen molar-refractivity contribution in [1.29, 1.82) is 0 Å². The van der Waals surface area contributed by atoms with E-state index < -0.39 is 9.84 Å². The van der Waals surface area contributed by atoms with Crippen molar-refractivity contribution in [2.45, 2.75) is 18.9 Å². The van der Waals surface area contributed by atoms with Gasteiger partial charge in [-0.25, -0.2) is 8.42 Å². The number of halogens is 1. The fourth-order valence-electron chi connectivity index (χ4n) is 2.39. The van der Waals surface area contributed by atoms with E-state index in [9.17, 15) is 8.42 Å². The van der Waals surface area contributed by atoms with Crippen molar-refractivity contribution in [2.75, 3.05) is 11.5 Å². The molecule has 2 rings (SSSR count). The van der Waals surface area contributed by atoms with Gasteiger partial charge in [-0.15, -0.1) is 12.4 Å². The lowest BCUT2D eigenvalue weighted by atomic mass is 10.0. The second-order valence-corrected chi connectivity index (χ2v) is 5.98. The van der Waals surface area contributed by atoms with Crippen LogP contribution in [-0.4, -0.2) is 26.0 Å². The van der Waals surface area contributed by atoms with Crippen LogP contribution in [0.1, 0.15) is 12.8 Å². The number of hydrogen-bond donors (Lipinski definition) is 1. The first-order chi connectivity index (χ1) is 5.07. The highest BCUT2D eigenvalue weighted by Crippen LogP contribution is 2.38. The van der Waals surface area contributed by atoms with E-state index >= 15 is 0 Å². The van der Waals surface area contributed by atoms with E-state index in [0.29, 0.717) is 23.3 Å². The zero-order chi connectivity index (χ0) is 8.06. The van der Waals surface area contributed by atoms with Gasteiger partial charge in [0, 0.05) is 6.04 Å². The highest BCUT2D eigenvalue weighted by atomic mass is 35.5. The van der Waals surface area contributed by atoms with Crippen LogP contribution in [0.5, 0.6) is 0 Å². The molecular formula is C7H14ClNO2S. The fourth-order valence-corrected chi connectivity index (χ4v) is 4.64. The summed E-state index contributed by atoms with van der Waals surface area (Å²) in [6, 6.07) is 0.264. The largest absolute Gasteiger partial charge is 0.328 e. The van der Waals surface area contributed by atoms with Crippen molar-refractivity contribution >= 4 is 22.2 Å². The smallest absolute Gasteiger partial charge is 0.150 e. The highest BCUT2D eigenvalue weighted by molar-refractivity contribution is 7.91. The first-order valence-electron chi connectivity index (χ1n) is 4.03. The summed E-state index contributed by atoms with van der Waals surface area (Å²) in [5.74, 6) is 1.56. The molecule has 12 heavy (non-hydrogen) atoms. The van der Waals surface area contributed by atoms with Crippen molar-refractivity contribution in [3.05, 3.63) is 0 Å². The predicted molar refractivity (Wildman–Crippen MR) is 50.1 cm³/mol. The number of hydrogen-bond acceptors (Lipinski definition) is 3. The van der Waals surface area contributed by atoms with Gasteiger partial charge in [0.1, 0.15) is 0 Å². The zero-order valence-corrected chi connectivity index (χ0v) is 8.40. The number of sulfone groups is 1. The Kier molecular flexibility index (Phi) is 2.71. The summed E-state index contributed by atoms with van der Waals surface area (Å²) >= 11 is 0. The van der Waals surface area contributed by atoms with Gasteiger partial charge in [-0.2, -0.15) is 0 Å². The van der Waals surface area contributed by atoms with Crippen LogP contribution in [0.4, 0.5) is 0 Å². The minimum absolute atomic E-state index is 0. The molecule has 0 spiro atoms. The molecule has 3 nitrogen and oxygen atoms in total. The molecule has 2 atom stereocenters. The van der Waals surface area contributed by atoms with Crippen LogP contribution >= 0.6 is 12.4 Å². The quantitative estimate of drug-likeness (QED) is 0.623. The van der Waals surface area contributed by atoms with Gasteiger partial charge in [-0.05, 0) is 24.7 Å². The molecule has 1 saturated carbocycles.